The van der Waals surface area contributed by atoms with Gasteiger partial charge in [0.05, 0.1) is 0 Å². The molecule has 0 fully saturated rings. The maximum Gasteiger partial charge on any atom is 0.373 e. The summed E-state index contributed by atoms with van der Waals surface area (Å²) in [6.45, 7) is 2.03. The van der Waals surface area contributed by atoms with Gasteiger partial charge in [-0.05, 0) is 18.0 Å². The molecular weight excluding hydrogens is 241 g/mol. The minimum atomic E-state index is 0.0948. The summed E-state index contributed by atoms with van der Waals surface area (Å²) in [6, 6.07) is 0. The molecule has 0 radical (unpaired) electrons. The Hall–Kier alpha value is -1.16. The Bertz CT molecular complexity index is 342. The van der Waals surface area contributed by atoms with Crippen LogP contribution < -0.4 is 5.73 Å². The lowest BCUT2D eigenvalue weighted by atomic mass is 10.2. The molecule has 1 heterocycles. The first-order valence-electron chi connectivity index (χ1n) is 4.03. The maximum atomic E-state index is 8.12. The van der Waals surface area contributed by atoms with Crippen molar-refractivity contribution in [1.29, 1.82) is 0 Å². The van der Waals surface area contributed by atoms with Crippen LogP contribution in [0.25, 0.3) is 0 Å². The molecule has 0 unspecified atom stereocenters. The van der Waals surface area contributed by atoms with Crippen molar-refractivity contribution in [3.63, 3.8) is 0 Å². The third kappa shape index (κ3) is 4.74. The quantitative estimate of drug-likeness (QED) is 0.638. The van der Waals surface area contributed by atoms with Crippen molar-refractivity contribution in [2.24, 2.45) is 0 Å². The van der Waals surface area contributed by atoms with E-state index < -0.39 is 0 Å². The summed E-state index contributed by atoms with van der Waals surface area (Å²) < 4.78 is 0. The van der Waals surface area contributed by atoms with Crippen molar-refractivity contribution in [3.8, 4) is 0 Å². The van der Waals surface area contributed by atoms with Crippen molar-refractivity contribution in [3.05, 3.63) is 16.0 Å². The van der Waals surface area contributed by atoms with E-state index >= 15 is 0 Å². The molecule has 5 nitrogen and oxygen atoms in total. The second-order valence-corrected chi connectivity index (χ2v) is 3.18. The molecule has 1 rings (SSSR count). The van der Waals surface area contributed by atoms with Crippen molar-refractivity contribution in [2.45, 2.75) is 19.8 Å². The van der Waals surface area contributed by atoms with Crippen LogP contribution in [0, 0.1) is 0 Å². The standard InChI is InChI=1S/C7H9Cl2N3.CO2/c1-2-3-4-5(8)11-7(9)12-6(4)10;2-1-3/h2-3H2,1H3,(H2,10,11,12);. The van der Waals surface area contributed by atoms with Gasteiger partial charge in [0.1, 0.15) is 11.0 Å². The molecule has 1 aromatic rings. The number of halogens is 2. The van der Waals surface area contributed by atoms with E-state index in [0.29, 0.717) is 11.0 Å². The lowest BCUT2D eigenvalue weighted by molar-refractivity contribution is -0.191. The summed E-state index contributed by atoms with van der Waals surface area (Å²) >= 11 is 11.3. The van der Waals surface area contributed by atoms with Gasteiger partial charge in [-0.25, -0.2) is 9.97 Å². The third-order valence-electron chi connectivity index (χ3n) is 1.46. The molecule has 0 saturated heterocycles. The van der Waals surface area contributed by atoms with Crippen molar-refractivity contribution in [1.82, 2.24) is 9.97 Å². The van der Waals surface area contributed by atoms with E-state index in [2.05, 4.69) is 9.97 Å². The van der Waals surface area contributed by atoms with Gasteiger partial charge in [-0.15, -0.1) is 0 Å². The summed E-state index contributed by atoms with van der Waals surface area (Å²) in [5, 5.41) is 0.451. The highest BCUT2D eigenvalue weighted by Crippen LogP contribution is 2.21. The third-order valence-corrected chi connectivity index (χ3v) is 1.94. The Kier molecular flexibility index (Phi) is 6.62. The normalized spacial score (nSPS) is 8.73. The van der Waals surface area contributed by atoms with Crippen LogP contribution in [-0.4, -0.2) is 16.1 Å². The molecule has 0 aliphatic carbocycles. The van der Waals surface area contributed by atoms with Gasteiger partial charge in [0, 0.05) is 5.56 Å². The van der Waals surface area contributed by atoms with Gasteiger partial charge in [0.25, 0.3) is 0 Å². The minimum absolute atomic E-state index is 0.0948. The highest BCUT2D eigenvalue weighted by molar-refractivity contribution is 6.32. The molecule has 0 amide bonds. The summed E-state index contributed by atoms with van der Waals surface area (Å²) in [7, 11) is 0. The van der Waals surface area contributed by atoms with Crippen LogP contribution in [-0.2, 0) is 16.0 Å². The van der Waals surface area contributed by atoms with Crippen LogP contribution in [0.15, 0.2) is 0 Å². The van der Waals surface area contributed by atoms with E-state index in [-0.39, 0.29) is 11.4 Å². The lowest BCUT2D eigenvalue weighted by Crippen LogP contribution is -2.01. The predicted octanol–water partition coefficient (Wildman–Crippen LogP) is 1.73. The van der Waals surface area contributed by atoms with E-state index in [1.807, 2.05) is 6.92 Å². The minimum Gasteiger partial charge on any atom is -0.383 e. The van der Waals surface area contributed by atoms with Crippen molar-refractivity contribution in [2.75, 3.05) is 5.73 Å². The topological polar surface area (TPSA) is 85.9 Å². The van der Waals surface area contributed by atoms with E-state index in [1.165, 1.54) is 0 Å². The fourth-order valence-electron chi connectivity index (χ4n) is 0.927. The molecule has 0 saturated carbocycles. The zero-order chi connectivity index (χ0) is 11.8. The molecule has 0 aliphatic rings. The molecule has 82 valence electrons. The van der Waals surface area contributed by atoms with Gasteiger partial charge < -0.3 is 5.73 Å². The van der Waals surface area contributed by atoms with Crippen LogP contribution in [0.3, 0.4) is 0 Å². The largest absolute Gasteiger partial charge is 0.383 e. The van der Waals surface area contributed by atoms with Crippen molar-refractivity contribution < 1.29 is 9.59 Å². The number of carbonyl (C=O) groups excluding carboxylic acids is 2. The van der Waals surface area contributed by atoms with Crippen LogP contribution in [0.4, 0.5) is 5.82 Å². The number of anilines is 1. The Morgan fingerprint density at radius 3 is 2.27 bits per heavy atom. The zero-order valence-corrected chi connectivity index (χ0v) is 9.47. The average molecular weight is 250 g/mol. The summed E-state index contributed by atoms with van der Waals surface area (Å²) in [4.78, 5) is 23.8. The van der Waals surface area contributed by atoms with Gasteiger partial charge in [0.2, 0.25) is 5.28 Å². The second-order valence-electron chi connectivity index (χ2n) is 2.48. The number of rotatable bonds is 2. The molecule has 2 N–H and O–H groups in total. The number of hydrogen-bond donors (Lipinski definition) is 1. The monoisotopic (exact) mass is 249 g/mol. The Morgan fingerprint density at radius 1 is 1.33 bits per heavy atom. The summed E-state index contributed by atoms with van der Waals surface area (Å²) in [6.07, 6.45) is 1.98. The molecule has 1 aromatic heterocycles. The smallest absolute Gasteiger partial charge is 0.373 e. The Morgan fingerprint density at radius 2 is 1.87 bits per heavy atom. The first-order chi connectivity index (χ1) is 7.06. The summed E-state index contributed by atoms with van der Waals surface area (Å²) in [5.41, 5.74) is 6.37. The SMILES string of the molecule is CCCc1c(N)nc(Cl)nc1Cl.O=C=O. The van der Waals surface area contributed by atoms with E-state index in [9.17, 15) is 0 Å². The molecule has 15 heavy (non-hydrogen) atoms. The first kappa shape index (κ1) is 13.8. The van der Waals surface area contributed by atoms with Gasteiger partial charge >= 0.3 is 6.15 Å². The molecule has 7 heteroatoms. The van der Waals surface area contributed by atoms with E-state index in [0.717, 1.165) is 18.4 Å². The second kappa shape index (κ2) is 7.17. The molecule has 0 aliphatic heterocycles. The number of hydrogen-bond acceptors (Lipinski definition) is 5. The van der Waals surface area contributed by atoms with Gasteiger partial charge in [-0.2, -0.15) is 9.59 Å². The molecule has 0 atom stereocenters. The van der Waals surface area contributed by atoms with Crippen LogP contribution in [0.2, 0.25) is 10.4 Å². The van der Waals surface area contributed by atoms with E-state index in [1.54, 1.807) is 0 Å². The van der Waals surface area contributed by atoms with Gasteiger partial charge in [-0.3, -0.25) is 0 Å². The summed E-state index contributed by atoms with van der Waals surface area (Å²) in [5.74, 6) is 0.377. The highest BCUT2D eigenvalue weighted by Gasteiger charge is 2.07. The van der Waals surface area contributed by atoms with E-state index in [4.69, 9.17) is 38.5 Å². The maximum absolute atomic E-state index is 8.12. The zero-order valence-electron chi connectivity index (χ0n) is 7.96. The first-order valence-corrected chi connectivity index (χ1v) is 4.79. The van der Waals surface area contributed by atoms with Gasteiger partial charge in [-0.1, -0.05) is 24.9 Å². The van der Waals surface area contributed by atoms with Crippen LogP contribution in [0.1, 0.15) is 18.9 Å². The number of aromatic nitrogens is 2. The van der Waals surface area contributed by atoms with Gasteiger partial charge in [0.15, 0.2) is 0 Å². The average Bonchev–Trinajstić information content (AvgIpc) is 2.12. The number of nitrogens with two attached hydrogens (primary N) is 1. The Labute approximate surface area is 96.6 Å². The Balaban J connectivity index is 0.000000583. The molecule has 0 aromatic carbocycles. The molecular formula is C8H9Cl2N3O2. The fraction of sp³-hybridized carbons (Fsp3) is 0.375. The van der Waals surface area contributed by atoms with Crippen molar-refractivity contribution >= 4 is 35.2 Å². The highest BCUT2D eigenvalue weighted by atomic mass is 35.5. The molecule has 0 bridgehead atoms. The predicted molar refractivity (Wildman–Crippen MR) is 55.5 cm³/mol. The lowest BCUT2D eigenvalue weighted by Gasteiger charge is -2.04. The fourth-order valence-corrected chi connectivity index (χ4v) is 1.42. The molecule has 0 spiro atoms. The van der Waals surface area contributed by atoms with Crippen LogP contribution in [0.5, 0.6) is 0 Å². The van der Waals surface area contributed by atoms with Crippen LogP contribution >= 0.6 is 23.2 Å². The number of nitrogen functional groups attached to an aromatic ring is 1. The number of nitrogens with zero attached hydrogens (tertiary/aromatic N) is 2.